The van der Waals surface area contributed by atoms with E-state index in [2.05, 4.69) is 19.2 Å². The SMILES string of the molecule is CC1CCCC(NC(=O)C2CCCN2S(=O)(=O)c2ccc(C(=O)O)o2)C1C. The second-order valence-electron chi connectivity index (χ2n) is 7.58. The van der Waals surface area contributed by atoms with Gasteiger partial charge >= 0.3 is 5.97 Å². The number of sulfonamides is 1. The fourth-order valence-electron chi connectivity index (χ4n) is 4.04. The van der Waals surface area contributed by atoms with E-state index in [9.17, 15) is 18.0 Å². The molecule has 4 atom stereocenters. The van der Waals surface area contributed by atoms with Gasteiger partial charge in [0.2, 0.25) is 16.8 Å². The van der Waals surface area contributed by atoms with Crippen molar-refractivity contribution in [3.8, 4) is 0 Å². The van der Waals surface area contributed by atoms with Crippen LogP contribution in [0.3, 0.4) is 0 Å². The Morgan fingerprint density at radius 1 is 1.19 bits per heavy atom. The Balaban J connectivity index is 1.75. The number of furan rings is 1. The summed E-state index contributed by atoms with van der Waals surface area (Å²) in [6.07, 6.45) is 4.10. The molecule has 1 aromatic heterocycles. The third-order valence-corrected chi connectivity index (χ3v) is 7.68. The number of carboxylic acids is 1. The molecule has 2 heterocycles. The Morgan fingerprint density at radius 2 is 1.93 bits per heavy atom. The first-order valence-electron chi connectivity index (χ1n) is 9.37. The van der Waals surface area contributed by atoms with Crippen LogP contribution in [0.2, 0.25) is 0 Å². The average Bonchev–Trinajstić information content (AvgIpc) is 3.28. The Hall–Kier alpha value is -1.87. The molecule has 1 saturated carbocycles. The molecule has 2 N–H and O–H groups in total. The van der Waals surface area contributed by atoms with E-state index < -0.39 is 32.9 Å². The molecule has 4 unspecified atom stereocenters. The lowest BCUT2D eigenvalue weighted by Crippen LogP contribution is -2.51. The summed E-state index contributed by atoms with van der Waals surface area (Å²) in [5.74, 6) is -1.21. The molecule has 1 aliphatic heterocycles. The molecule has 9 heteroatoms. The van der Waals surface area contributed by atoms with Crippen LogP contribution in [0, 0.1) is 11.8 Å². The molecule has 150 valence electrons. The molecule has 0 aromatic carbocycles. The number of hydrogen-bond donors (Lipinski definition) is 2. The minimum atomic E-state index is -4.07. The average molecular weight is 398 g/mol. The molecule has 0 bridgehead atoms. The van der Waals surface area contributed by atoms with Crippen molar-refractivity contribution in [3.05, 3.63) is 17.9 Å². The first kappa shape index (κ1) is 19.9. The van der Waals surface area contributed by atoms with Crippen LogP contribution in [0.15, 0.2) is 21.6 Å². The topological polar surface area (TPSA) is 117 Å². The van der Waals surface area contributed by atoms with Crippen molar-refractivity contribution in [2.45, 2.75) is 63.1 Å². The highest BCUT2D eigenvalue weighted by Gasteiger charge is 2.42. The zero-order chi connectivity index (χ0) is 19.8. The zero-order valence-corrected chi connectivity index (χ0v) is 16.4. The van der Waals surface area contributed by atoms with Crippen molar-refractivity contribution in [1.82, 2.24) is 9.62 Å². The molecule has 0 spiro atoms. The van der Waals surface area contributed by atoms with Crippen LogP contribution in [-0.4, -0.2) is 48.3 Å². The van der Waals surface area contributed by atoms with Crippen molar-refractivity contribution in [3.63, 3.8) is 0 Å². The van der Waals surface area contributed by atoms with Gasteiger partial charge in [0.25, 0.3) is 10.0 Å². The summed E-state index contributed by atoms with van der Waals surface area (Å²) in [5, 5.41) is 11.5. The number of nitrogens with zero attached hydrogens (tertiary/aromatic N) is 1. The van der Waals surface area contributed by atoms with E-state index >= 15 is 0 Å². The van der Waals surface area contributed by atoms with Crippen molar-refractivity contribution in [2.24, 2.45) is 11.8 Å². The maximum Gasteiger partial charge on any atom is 0.371 e. The van der Waals surface area contributed by atoms with Crippen LogP contribution < -0.4 is 5.32 Å². The van der Waals surface area contributed by atoms with Crippen LogP contribution in [-0.2, 0) is 14.8 Å². The van der Waals surface area contributed by atoms with Crippen molar-refractivity contribution in [2.75, 3.05) is 6.54 Å². The van der Waals surface area contributed by atoms with Crippen molar-refractivity contribution < 1.29 is 27.5 Å². The van der Waals surface area contributed by atoms with Gasteiger partial charge in [-0.25, -0.2) is 13.2 Å². The van der Waals surface area contributed by atoms with E-state index in [1.165, 1.54) is 0 Å². The molecular weight excluding hydrogens is 372 g/mol. The zero-order valence-electron chi connectivity index (χ0n) is 15.6. The molecule has 1 saturated heterocycles. The van der Waals surface area contributed by atoms with Gasteiger partial charge in [-0.05, 0) is 43.2 Å². The lowest BCUT2D eigenvalue weighted by molar-refractivity contribution is -0.125. The predicted molar refractivity (Wildman–Crippen MR) is 96.7 cm³/mol. The number of carbonyl (C=O) groups is 2. The first-order valence-corrected chi connectivity index (χ1v) is 10.8. The second-order valence-corrected chi connectivity index (χ2v) is 9.40. The quantitative estimate of drug-likeness (QED) is 0.784. The third kappa shape index (κ3) is 3.89. The van der Waals surface area contributed by atoms with Crippen LogP contribution in [0.25, 0.3) is 0 Å². The normalized spacial score (nSPS) is 29.6. The van der Waals surface area contributed by atoms with Gasteiger partial charge in [0.05, 0.1) is 0 Å². The largest absolute Gasteiger partial charge is 0.475 e. The number of hydrogen-bond acceptors (Lipinski definition) is 5. The van der Waals surface area contributed by atoms with Gasteiger partial charge in [-0.2, -0.15) is 4.31 Å². The highest BCUT2D eigenvalue weighted by molar-refractivity contribution is 7.89. The molecule has 1 amide bonds. The summed E-state index contributed by atoms with van der Waals surface area (Å²) < 4.78 is 31.8. The van der Waals surface area contributed by atoms with E-state index in [4.69, 9.17) is 9.52 Å². The molecular formula is C18H26N2O6S. The fraction of sp³-hybridized carbons (Fsp3) is 0.667. The smallest absolute Gasteiger partial charge is 0.371 e. The highest BCUT2D eigenvalue weighted by Crippen LogP contribution is 2.31. The molecule has 8 nitrogen and oxygen atoms in total. The van der Waals surface area contributed by atoms with E-state index in [0.717, 1.165) is 35.7 Å². The molecule has 2 aliphatic rings. The highest BCUT2D eigenvalue weighted by atomic mass is 32.2. The Kier molecular flexibility index (Phi) is 5.62. The number of aromatic carboxylic acids is 1. The summed E-state index contributed by atoms with van der Waals surface area (Å²) in [7, 11) is -4.07. The standard InChI is InChI=1S/C18H26N2O6S/c1-11-5-3-6-13(12(11)2)19-17(21)14-7-4-10-20(14)27(24,25)16-9-8-15(26-16)18(22)23/h8-9,11-14H,3-7,10H2,1-2H3,(H,19,21)(H,22,23). The van der Waals surface area contributed by atoms with Crippen LogP contribution >= 0.6 is 0 Å². The van der Waals surface area contributed by atoms with Gasteiger partial charge < -0.3 is 14.8 Å². The Bertz CT molecular complexity index is 818. The minimum absolute atomic E-state index is 0.0497. The summed E-state index contributed by atoms with van der Waals surface area (Å²) >= 11 is 0. The van der Waals surface area contributed by atoms with E-state index in [1.807, 2.05) is 0 Å². The first-order chi connectivity index (χ1) is 12.7. The molecule has 3 rings (SSSR count). The number of carbonyl (C=O) groups excluding carboxylic acids is 1. The number of amides is 1. The van der Waals surface area contributed by atoms with Gasteiger partial charge in [0.15, 0.2) is 0 Å². The number of rotatable bonds is 5. The summed E-state index contributed by atoms with van der Waals surface area (Å²) in [5.41, 5.74) is 0. The van der Waals surface area contributed by atoms with Crippen LogP contribution in [0.4, 0.5) is 0 Å². The summed E-state index contributed by atoms with van der Waals surface area (Å²) in [4.78, 5) is 23.8. The number of nitrogens with one attached hydrogen (secondary N) is 1. The van der Waals surface area contributed by atoms with E-state index in [-0.39, 0.29) is 18.5 Å². The van der Waals surface area contributed by atoms with Gasteiger partial charge in [-0.15, -0.1) is 0 Å². The lowest BCUT2D eigenvalue weighted by Gasteiger charge is -2.35. The minimum Gasteiger partial charge on any atom is -0.475 e. The van der Waals surface area contributed by atoms with Gasteiger partial charge in [-0.1, -0.05) is 26.7 Å². The van der Waals surface area contributed by atoms with Gasteiger partial charge in [0.1, 0.15) is 6.04 Å². The van der Waals surface area contributed by atoms with Gasteiger partial charge in [0, 0.05) is 12.6 Å². The van der Waals surface area contributed by atoms with Crippen LogP contribution in [0.1, 0.15) is 56.5 Å². The molecule has 27 heavy (non-hydrogen) atoms. The second kappa shape index (κ2) is 7.63. The fourth-order valence-corrected chi connectivity index (χ4v) is 5.62. The molecule has 2 fully saturated rings. The maximum atomic E-state index is 12.9. The van der Waals surface area contributed by atoms with Gasteiger partial charge in [-0.3, -0.25) is 4.79 Å². The van der Waals surface area contributed by atoms with E-state index in [0.29, 0.717) is 24.7 Å². The third-order valence-electron chi connectivity index (χ3n) is 5.90. The maximum absolute atomic E-state index is 12.9. The van der Waals surface area contributed by atoms with Crippen molar-refractivity contribution in [1.29, 1.82) is 0 Å². The monoisotopic (exact) mass is 398 g/mol. The summed E-state index contributed by atoms with van der Waals surface area (Å²) in [6.45, 7) is 4.50. The lowest BCUT2D eigenvalue weighted by atomic mass is 9.78. The Morgan fingerprint density at radius 3 is 2.59 bits per heavy atom. The van der Waals surface area contributed by atoms with E-state index in [1.54, 1.807) is 0 Å². The molecule has 1 aromatic rings. The predicted octanol–water partition coefficient (Wildman–Crippen LogP) is 2.07. The van der Waals surface area contributed by atoms with Crippen molar-refractivity contribution >= 4 is 21.9 Å². The molecule has 0 radical (unpaired) electrons. The Labute approximate surface area is 159 Å². The van der Waals surface area contributed by atoms with Crippen LogP contribution in [0.5, 0.6) is 0 Å². The number of carboxylic acid groups (broad SMARTS) is 1. The summed E-state index contributed by atoms with van der Waals surface area (Å²) in [6, 6.07) is 1.48. The molecule has 1 aliphatic carbocycles.